The number of hydrogen-bond donors (Lipinski definition) is 2. The Labute approximate surface area is 203 Å². The van der Waals surface area contributed by atoms with Crippen molar-refractivity contribution in [3.8, 4) is 34.0 Å². The van der Waals surface area contributed by atoms with Crippen LogP contribution in [-0.2, 0) is 4.79 Å². The van der Waals surface area contributed by atoms with Crippen molar-refractivity contribution in [2.24, 2.45) is 0 Å². The minimum atomic E-state index is -0.342. The van der Waals surface area contributed by atoms with E-state index in [1.54, 1.807) is 32.4 Å². The third kappa shape index (κ3) is 5.26. The van der Waals surface area contributed by atoms with Crippen molar-refractivity contribution in [1.29, 1.82) is 0 Å². The molecular weight excluding hydrogens is 446 g/mol. The summed E-state index contributed by atoms with van der Waals surface area (Å²) in [5, 5.41) is 3.34. The first-order valence-corrected chi connectivity index (χ1v) is 11.9. The highest BCUT2D eigenvalue weighted by molar-refractivity contribution is 8.00. The lowest BCUT2D eigenvalue weighted by atomic mass is 10.1. The van der Waals surface area contributed by atoms with Crippen molar-refractivity contribution >= 4 is 23.4 Å². The predicted octanol–water partition coefficient (Wildman–Crippen LogP) is 6.27. The van der Waals surface area contributed by atoms with Crippen molar-refractivity contribution in [3.05, 3.63) is 78.9 Å². The smallest absolute Gasteiger partial charge is 0.238 e. The molecule has 1 heterocycles. The minimum absolute atomic E-state index is 0.116. The molecule has 0 spiro atoms. The van der Waals surface area contributed by atoms with Crippen LogP contribution in [0.3, 0.4) is 0 Å². The number of ether oxygens (including phenoxy) is 2. The van der Waals surface area contributed by atoms with Crippen LogP contribution in [0.4, 0.5) is 5.69 Å². The number of aromatic nitrogens is 2. The Morgan fingerprint density at radius 3 is 2.26 bits per heavy atom. The molecule has 34 heavy (non-hydrogen) atoms. The monoisotopic (exact) mass is 473 g/mol. The van der Waals surface area contributed by atoms with Gasteiger partial charge in [0.15, 0.2) is 5.16 Å². The molecule has 0 bridgehead atoms. The molecule has 4 aromatic rings. The fourth-order valence-electron chi connectivity index (χ4n) is 3.60. The lowest BCUT2D eigenvalue weighted by Gasteiger charge is -2.16. The van der Waals surface area contributed by atoms with Crippen molar-refractivity contribution in [2.75, 3.05) is 19.5 Å². The number of anilines is 1. The summed E-state index contributed by atoms with van der Waals surface area (Å²) in [7, 11) is 3.16. The van der Waals surface area contributed by atoms with E-state index in [0.29, 0.717) is 28.8 Å². The Hall–Kier alpha value is -3.71. The number of nitrogens with one attached hydrogen (secondary N) is 2. The maximum atomic E-state index is 13.1. The number of nitrogens with zero attached hydrogens (tertiary/aromatic N) is 1. The molecule has 0 aliphatic rings. The quantitative estimate of drug-likeness (QED) is 0.280. The number of hydrogen-bond acceptors (Lipinski definition) is 5. The molecule has 1 aromatic heterocycles. The Kier molecular flexibility index (Phi) is 7.54. The molecule has 7 heteroatoms. The van der Waals surface area contributed by atoms with E-state index in [1.165, 1.54) is 11.8 Å². The van der Waals surface area contributed by atoms with Crippen LogP contribution in [0, 0.1) is 0 Å². The Morgan fingerprint density at radius 2 is 1.65 bits per heavy atom. The highest BCUT2D eigenvalue weighted by atomic mass is 32.2. The Bertz CT molecular complexity index is 1190. The number of carbonyl (C=O) groups excluding carboxylic acids is 1. The van der Waals surface area contributed by atoms with Gasteiger partial charge in [0.2, 0.25) is 5.91 Å². The summed E-state index contributed by atoms with van der Waals surface area (Å²) in [6.07, 6.45) is 0.636. The van der Waals surface area contributed by atoms with Crippen molar-refractivity contribution < 1.29 is 14.3 Å². The third-order valence-corrected chi connectivity index (χ3v) is 6.62. The van der Waals surface area contributed by atoms with Crippen molar-refractivity contribution in [1.82, 2.24) is 9.97 Å². The highest BCUT2D eigenvalue weighted by Crippen LogP contribution is 2.35. The molecule has 0 radical (unpaired) electrons. The van der Waals surface area contributed by atoms with Crippen LogP contribution >= 0.6 is 11.8 Å². The molecule has 0 saturated heterocycles. The second-order valence-corrected chi connectivity index (χ2v) is 8.76. The van der Waals surface area contributed by atoms with Gasteiger partial charge in [-0.2, -0.15) is 0 Å². The van der Waals surface area contributed by atoms with Crippen LogP contribution in [-0.4, -0.2) is 35.3 Å². The second kappa shape index (κ2) is 10.9. The highest BCUT2D eigenvalue weighted by Gasteiger charge is 2.23. The number of benzene rings is 3. The molecule has 2 N–H and O–H groups in total. The molecule has 0 saturated carbocycles. The van der Waals surface area contributed by atoms with Crippen LogP contribution in [0.15, 0.2) is 84.0 Å². The van der Waals surface area contributed by atoms with Crippen LogP contribution < -0.4 is 14.8 Å². The molecule has 6 nitrogen and oxygen atoms in total. The number of amides is 1. The van der Waals surface area contributed by atoms with E-state index in [9.17, 15) is 4.79 Å². The average Bonchev–Trinajstić information content (AvgIpc) is 3.32. The van der Waals surface area contributed by atoms with Crippen molar-refractivity contribution in [3.63, 3.8) is 0 Å². The number of imidazole rings is 1. The van der Waals surface area contributed by atoms with Gasteiger partial charge in [-0.15, -0.1) is 0 Å². The first kappa shape index (κ1) is 23.4. The first-order chi connectivity index (χ1) is 16.6. The van der Waals surface area contributed by atoms with Crippen LogP contribution in [0.2, 0.25) is 0 Å². The molecule has 1 atom stereocenters. The van der Waals surface area contributed by atoms with Crippen LogP contribution in [0.25, 0.3) is 22.5 Å². The van der Waals surface area contributed by atoms with Gasteiger partial charge < -0.3 is 19.8 Å². The van der Waals surface area contributed by atoms with Gasteiger partial charge in [0.05, 0.1) is 36.5 Å². The van der Waals surface area contributed by atoms with E-state index < -0.39 is 0 Å². The Morgan fingerprint density at radius 1 is 0.971 bits per heavy atom. The summed E-state index contributed by atoms with van der Waals surface area (Å²) in [6, 6.07) is 25.5. The lowest BCUT2D eigenvalue weighted by molar-refractivity contribution is -0.115. The van der Waals surface area contributed by atoms with Gasteiger partial charge in [-0.05, 0) is 18.6 Å². The summed E-state index contributed by atoms with van der Waals surface area (Å²) in [5.74, 6) is 1.09. The van der Waals surface area contributed by atoms with Gasteiger partial charge in [0.25, 0.3) is 0 Å². The van der Waals surface area contributed by atoms with E-state index in [4.69, 9.17) is 14.5 Å². The second-order valence-electron chi connectivity index (χ2n) is 7.57. The van der Waals surface area contributed by atoms with Gasteiger partial charge >= 0.3 is 0 Å². The van der Waals surface area contributed by atoms with Crippen LogP contribution in [0.1, 0.15) is 13.3 Å². The zero-order valence-corrected chi connectivity index (χ0v) is 20.2. The number of carbonyl (C=O) groups is 1. The standard InChI is InChI=1S/C27H27N3O3S/c1-4-23(26(31)28-21-16-15-20(32-2)17-22(21)33-3)34-27-29-24(18-11-7-5-8-12-18)25(30-27)19-13-9-6-10-14-19/h5-17,23H,4H2,1-3H3,(H,28,31)(H,29,30). The molecular formula is C27H27N3O3S. The normalized spacial score (nSPS) is 11.6. The van der Waals surface area contributed by atoms with E-state index in [1.807, 2.05) is 67.6 Å². The number of H-pyrrole nitrogens is 1. The van der Waals surface area contributed by atoms with Gasteiger partial charge in [-0.3, -0.25) is 4.79 Å². The summed E-state index contributed by atoms with van der Waals surface area (Å²) in [6.45, 7) is 1.99. The molecule has 1 amide bonds. The number of aromatic amines is 1. The summed E-state index contributed by atoms with van der Waals surface area (Å²) in [4.78, 5) is 21.5. The molecule has 174 valence electrons. The molecule has 0 aliphatic carbocycles. The number of methoxy groups -OCH3 is 2. The summed E-state index contributed by atoms with van der Waals surface area (Å²) in [5.41, 5.74) is 4.45. The van der Waals surface area contributed by atoms with Gasteiger partial charge in [0, 0.05) is 17.2 Å². The maximum absolute atomic E-state index is 13.1. The van der Waals surface area contributed by atoms with Gasteiger partial charge in [0.1, 0.15) is 11.5 Å². The molecule has 4 rings (SSSR count). The first-order valence-electron chi connectivity index (χ1n) is 11.0. The van der Waals surface area contributed by atoms with Crippen molar-refractivity contribution in [2.45, 2.75) is 23.8 Å². The topological polar surface area (TPSA) is 76.2 Å². The average molecular weight is 474 g/mol. The van der Waals surface area contributed by atoms with E-state index in [-0.39, 0.29) is 11.2 Å². The number of rotatable bonds is 9. The largest absolute Gasteiger partial charge is 0.497 e. The lowest BCUT2D eigenvalue weighted by Crippen LogP contribution is -2.25. The fraction of sp³-hybridized carbons (Fsp3) is 0.185. The molecule has 1 unspecified atom stereocenters. The van der Waals surface area contributed by atoms with E-state index in [2.05, 4.69) is 10.3 Å². The molecule has 0 fully saturated rings. The van der Waals surface area contributed by atoms with E-state index in [0.717, 1.165) is 22.5 Å². The van der Waals surface area contributed by atoms with Gasteiger partial charge in [-0.25, -0.2) is 4.98 Å². The zero-order chi connectivity index (χ0) is 23.9. The van der Waals surface area contributed by atoms with E-state index >= 15 is 0 Å². The zero-order valence-electron chi connectivity index (χ0n) is 19.4. The third-order valence-electron chi connectivity index (χ3n) is 5.38. The van der Waals surface area contributed by atoms with Crippen LogP contribution in [0.5, 0.6) is 11.5 Å². The molecule has 3 aromatic carbocycles. The Balaban J connectivity index is 1.60. The SMILES string of the molecule is CCC(Sc1nc(-c2ccccc2)c(-c2ccccc2)[nH]1)C(=O)Nc1ccc(OC)cc1OC. The maximum Gasteiger partial charge on any atom is 0.238 e. The predicted molar refractivity (Wildman–Crippen MR) is 138 cm³/mol. The fourth-order valence-corrected chi connectivity index (χ4v) is 4.51. The molecule has 0 aliphatic heterocycles. The van der Waals surface area contributed by atoms with Gasteiger partial charge in [-0.1, -0.05) is 79.3 Å². The number of thioether (sulfide) groups is 1. The summed E-state index contributed by atoms with van der Waals surface area (Å²) >= 11 is 1.42. The summed E-state index contributed by atoms with van der Waals surface area (Å²) < 4.78 is 10.7. The minimum Gasteiger partial charge on any atom is -0.497 e.